The zero-order chi connectivity index (χ0) is 11.1. The van der Waals surface area contributed by atoms with Gasteiger partial charge < -0.3 is 10.8 Å². The van der Waals surface area contributed by atoms with Crippen LogP contribution in [0.2, 0.25) is 0 Å². The molecule has 0 fully saturated rings. The Bertz CT molecular complexity index is 197. The van der Waals surface area contributed by atoms with Crippen LogP contribution in [0, 0.1) is 0 Å². The van der Waals surface area contributed by atoms with E-state index in [0.29, 0.717) is 5.57 Å². The SMILES string of the molecule is C=C/C=C(/O)C(=C)C(C)(C)N.CC. The number of allylic oxidation sites excluding steroid dienone is 2. The van der Waals surface area contributed by atoms with Gasteiger partial charge in [-0.25, -0.2) is 0 Å². The van der Waals surface area contributed by atoms with Crippen LogP contribution in [0.5, 0.6) is 0 Å². The molecule has 2 nitrogen and oxygen atoms in total. The summed E-state index contributed by atoms with van der Waals surface area (Å²) in [5.74, 6) is 0.0903. The van der Waals surface area contributed by atoms with Crippen LogP contribution < -0.4 is 5.73 Å². The van der Waals surface area contributed by atoms with Crippen LogP contribution in [-0.2, 0) is 0 Å². The molecule has 0 unspecified atom stereocenters. The van der Waals surface area contributed by atoms with Gasteiger partial charge in [-0.15, -0.1) is 0 Å². The summed E-state index contributed by atoms with van der Waals surface area (Å²) in [7, 11) is 0. The van der Waals surface area contributed by atoms with Crippen LogP contribution in [0.1, 0.15) is 27.7 Å². The molecule has 0 bridgehead atoms. The third-order valence-corrected chi connectivity index (χ3v) is 1.36. The minimum Gasteiger partial charge on any atom is -0.508 e. The molecule has 13 heavy (non-hydrogen) atoms. The lowest BCUT2D eigenvalue weighted by molar-refractivity contribution is 0.402. The fourth-order valence-electron chi connectivity index (χ4n) is 0.542. The Morgan fingerprint density at radius 3 is 2.00 bits per heavy atom. The van der Waals surface area contributed by atoms with Crippen molar-refractivity contribution >= 4 is 0 Å². The van der Waals surface area contributed by atoms with Crippen molar-refractivity contribution in [1.82, 2.24) is 0 Å². The van der Waals surface area contributed by atoms with Gasteiger partial charge in [-0.05, 0) is 19.9 Å². The first kappa shape index (κ1) is 14.5. The maximum Gasteiger partial charge on any atom is 0.119 e. The van der Waals surface area contributed by atoms with Crippen molar-refractivity contribution in [2.24, 2.45) is 5.73 Å². The van der Waals surface area contributed by atoms with Gasteiger partial charge in [0.1, 0.15) is 5.76 Å². The molecule has 2 heteroatoms. The van der Waals surface area contributed by atoms with Crippen LogP contribution in [0.4, 0.5) is 0 Å². The first-order valence-corrected chi connectivity index (χ1v) is 4.40. The van der Waals surface area contributed by atoms with E-state index in [1.165, 1.54) is 12.2 Å². The van der Waals surface area contributed by atoms with E-state index < -0.39 is 5.54 Å². The van der Waals surface area contributed by atoms with Crippen molar-refractivity contribution in [1.29, 1.82) is 0 Å². The second-order valence-electron chi connectivity index (χ2n) is 2.99. The van der Waals surface area contributed by atoms with Crippen LogP contribution in [0.15, 0.2) is 36.6 Å². The lowest BCUT2D eigenvalue weighted by Gasteiger charge is -2.20. The van der Waals surface area contributed by atoms with Crippen LogP contribution in [0.25, 0.3) is 0 Å². The van der Waals surface area contributed by atoms with Crippen molar-refractivity contribution in [3.05, 3.63) is 36.6 Å². The monoisotopic (exact) mass is 183 g/mol. The van der Waals surface area contributed by atoms with Crippen molar-refractivity contribution in [3.63, 3.8) is 0 Å². The number of aliphatic hydroxyl groups excluding tert-OH is 1. The summed E-state index contributed by atoms with van der Waals surface area (Å²) in [6.45, 7) is 14.7. The van der Waals surface area contributed by atoms with Crippen molar-refractivity contribution < 1.29 is 5.11 Å². The molecular weight excluding hydrogens is 162 g/mol. The van der Waals surface area contributed by atoms with Gasteiger partial charge in [0.15, 0.2) is 0 Å². The van der Waals surface area contributed by atoms with Gasteiger partial charge in [0.05, 0.1) is 0 Å². The second kappa shape index (κ2) is 6.49. The van der Waals surface area contributed by atoms with E-state index in [1.54, 1.807) is 13.8 Å². The summed E-state index contributed by atoms with van der Waals surface area (Å²) in [5.41, 5.74) is 5.61. The van der Waals surface area contributed by atoms with E-state index >= 15 is 0 Å². The molecular formula is C11H21NO. The molecule has 0 spiro atoms. The molecule has 0 saturated heterocycles. The maximum absolute atomic E-state index is 9.26. The Morgan fingerprint density at radius 2 is 1.77 bits per heavy atom. The summed E-state index contributed by atoms with van der Waals surface area (Å²) in [6, 6.07) is 0. The standard InChI is InChI=1S/C9H15NO.C2H6/c1-5-6-8(11)7(2)9(3,4)10;1-2/h5-6,11H,1-2,10H2,3-4H3;1-2H3/b8-6+;. The molecule has 0 heterocycles. The number of nitrogens with two attached hydrogens (primary N) is 1. The predicted molar refractivity (Wildman–Crippen MR) is 59.7 cm³/mol. The molecule has 0 aromatic rings. The van der Waals surface area contributed by atoms with Crippen molar-refractivity contribution in [2.75, 3.05) is 0 Å². The normalized spacial score (nSPS) is 11.3. The summed E-state index contributed by atoms with van der Waals surface area (Å²) in [4.78, 5) is 0. The molecule has 0 aliphatic carbocycles. The molecule has 0 radical (unpaired) electrons. The highest BCUT2D eigenvalue weighted by Crippen LogP contribution is 2.16. The van der Waals surface area contributed by atoms with Crippen LogP contribution in [0.3, 0.4) is 0 Å². The molecule has 0 rings (SSSR count). The third-order valence-electron chi connectivity index (χ3n) is 1.36. The molecule has 0 aliphatic heterocycles. The topological polar surface area (TPSA) is 46.2 Å². The van der Waals surface area contributed by atoms with Crippen LogP contribution >= 0.6 is 0 Å². The quantitative estimate of drug-likeness (QED) is 0.522. The number of rotatable bonds is 3. The first-order chi connectivity index (χ1) is 5.89. The molecule has 0 atom stereocenters. The molecule has 0 saturated carbocycles. The average Bonchev–Trinajstić information content (AvgIpc) is 2.05. The zero-order valence-corrected chi connectivity index (χ0v) is 9.09. The predicted octanol–water partition coefficient (Wildman–Crippen LogP) is 2.93. The molecule has 0 aromatic carbocycles. The Labute approximate surface area is 81.5 Å². The number of hydrogen-bond donors (Lipinski definition) is 2. The largest absolute Gasteiger partial charge is 0.508 e. The highest BCUT2D eigenvalue weighted by Gasteiger charge is 2.17. The lowest BCUT2D eigenvalue weighted by atomic mass is 9.95. The zero-order valence-electron chi connectivity index (χ0n) is 9.09. The highest BCUT2D eigenvalue weighted by molar-refractivity contribution is 5.32. The van der Waals surface area contributed by atoms with Gasteiger partial charge in [0.2, 0.25) is 0 Å². The molecule has 3 N–H and O–H groups in total. The lowest BCUT2D eigenvalue weighted by Crippen LogP contribution is -2.34. The van der Waals surface area contributed by atoms with Gasteiger partial charge in [0.25, 0.3) is 0 Å². The smallest absolute Gasteiger partial charge is 0.119 e. The minimum atomic E-state index is -0.580. The van der Waals surface area contributed by atoms with E-state index in [2.05, 4.69) is 13.2 Å². The first-order valence-electron chi connectivity index (χ1n) is 4.40. The summed E-state index contributed by atoms with van der Waals surface area (Å²) in [5, 5.41) is 9.26. The minimum absolute atomic E-state index is 0.0903. The number of aliphatic hydroxyl groups is 1. The maximum atomic E-state index is 9.26. The number of hydrogen-bond acceptors (Lipinski definition) is 2. The summed E-state index contributed by atoms with van der Waals surface area (Å²) in [6.07, 6.45) is 2.96. The fraction of sp³-hybridized carbons (Fsp3) is 0.455. The van der Waals surface area contributed by atoms with Gasteiger partial charge >= 0.3 is 0 Å². The van der Waals surface area contributed by atoms with Gasteiger partial charge in [0, 0.05) is 11.1 Å². The molecule has 0 amide bonds. The summed E-state index contributed by atoms with van der Waals surface area (Å²) < 4.78 is 0. The van der Waals surface area contributed by atoms with Crippen molar-refractivity contribution in [3.8, 4) is 0 Å². The van der Waals surface area contributed by atoms with E-state index in [0.717, 1.165) is 0 Å². The van der Waals surface area contributed by atoms with E-state index in [4.69, 9.17) is 5.73 Å². The third kappa shape index (κ3) is 6.17. The average molecular weight is 183 g/mol. The second-order valence-corrected chi connectivity index (χ2v) is 2.99. The van der Waals surface area contributed by atoms with E-state index in [9.17, 15) is 5.11 Å². The Kier molecular flexibility index (Phi) is 7.24. The van der Waals surface area contributed by atoms with E-state index in [1.807, 2.05) is 13.8 Å². The molecule has 0 aromatic heterocycles. The van der Waals surface area contributed by atoms with E-state index in [-0.39, 0.29) is 5.76 Å². The fourth-order valence-corrected chi connectivity index (χ4v) is 0.542. The van der Waals surface area contributed by atoms with Crippen molar-refractivity contribution in [2.45, 2.75) is 33.2 Å². The van der Waals surface area contributed by atoms with Crippen LogP contribution in [-0.4, -0.2) is 10.6 Å². The summed E-state index contributed by atoms with van der Waals surface area (Å²) >= 11 is 0. The Balaban J connectivity index is 0. The van der Waals surface area contributed by atoms with Gasteiger partial charge in [-0.2, -0.15) is 0 Å². The molecule has 76 valence electrons. The van der Waals surface area contributed by atoms with Gasteiger partial charge in [-0.1, -0.05) is 33.1 Å². The Morgan fingerprint density at radius 1 is 1.38 bits per heavy atom. The van der Waals surface area contributed by atoms with Gasteiger partial charge in [-0.3, -0.25) is 0 Å². The Hall–Kier alpha value is -1.02. The highest BCUT2D eigenvalue weighted by atomic mass is 16.3. The molecule has 0 aliphatic rings.